The molecule has 3 fully saturated rings. The summed E-state index contributed by atoms with van der Waals surface area (Å²) in [6.07, 6.45) is 5.50. The molecule has 1 N–H and O–H groups in total. The number of carbonyl (C=O) groups excluding carboxylic acids is 3. The minimum absolute atomic E-state index is 0.0773. The van der Waals surface area contributed by atoms with E-state index in [0.29, 0.717) is 23.1 Å². The van der Waals surface area contributed by atoms with Gasteiger partial charge in [0, 0.05) is 11.3 Å². The van der Waals surface area contributed by atoms with Gasteiger partial charge in [-0.2, -0.15) is 0 Å². The van der Waals surface area contributed by atoms with Crippen LogP contribution in [-0.2, 0) is 9.59 Å². The molecule has 3 amide bonds. The zero-order valence-electron chi connectivity index (χ0n) is 16.6. The second kappa shape index (κ2) is 6.14. The van der Waals surface area contributed by atoms with E-state index in [-0.39, 0.29) is 41.4 Å². The third kappa shape index (κ3) is 2.44. The Hall–Kier alpha value is -3.21. The van der Waals surface area contributed by atoms with Crippen molar-refractivity contribution in [2.24, 2.45) is 35.5 Å². The van der Waals surface area contributed by atoms with Gasteiger partial charge in [-0.3, -0.25) is 19.3 Å². The van der Waals surface area contributed by atoms with E-state index in [1.54, 1.807) is 24.3 Å². The summed E-state index contributed by atoms with van der Waals surface area (Å²) in [5.41, 5.74) is 2.89. The van der Waals surface area contributed by atoms with Gasteiger partial charge >= 0.3 is 0 Å². The van der Waals surface area contributed by atoms with Crippen molar-refractivity contribution < 1.29 is 14.4 Å². The van der Waals surface area contributed by atoms with Gasteiger partial charge in [0.05, 0.1) is 17.5 Å². The molecule has 5 aliphatic rings. The average molecular weight is 398 g/mol. The van der Waals surface area contributed by atoms with Gasteiger partial charge in [-0.1, -0.05) is 29.8 Å². The molecule has 1 saturated heterocycles. The van der Waals surface area contributed by atoms with Crippen LogP contribution in [0, 0.1) is 42.4 Å². The Morgan fingerprint density at radius 3 is 2.00 bits per heavy atom. The maximum Gasteiger partial charge on any atom is 0.255 e. The number of hydrogen-bond acceptors (Lipinski definition) is 3. The molecular weight excluding hydrogens is 376 g/mol. The van der Waals surface area contributed by atoms with E-state index in [1.165, 1.54) is 4.90 Å². The molecule has 5 heteroatoms. The normalized spacial score (nSPS) is 32.8. The van der Waals surface area contributed by atoms with Crippen LogP contribution in [0.15, 0.2) is 60.7 Å². The van der Waals surface area contributed by atoms with Crippen molar-refractivity contribution in [3.8, 4) is 0 Å². The van der Waals surface area contributed by atoms with Crippen molar-refractivity contribution in [3.05, 3.63) is 71.8 Å². The maximum absolute atomic E-state index is 13.2. The Labute approximate surface area is 174 Å². The number of hydrogen-bond donors (Lipinski definition) is 1. The van der Waals surface area contributed by atoms with Crippen molar-refractivity contribution in [2.45, 2.75) is 13.3 Å². The van der Waals surface area contributed by atoms with Gasteiger partial charge in [0.25, 0.3) is 5.91 Å². The first-order valence-corrected chi connectivity index (χ1v) is 10.6. The van der Waals surface area contributed by atoms with E-state index in [1.807, 2.05) is 31.2 Å². The molecule has 1 heterocycles. The average Bonchev–Trinajstić information content (AvgIpc) is 3.53. The van der Waals surface area contributed by atoms with Crippen LogP contribution in [0.3, 0.4) is 0 Å². The van der Waals surface area contributed by atoms with Crippen LogP contribution in [0.2, 0.25) is 0 Å². The summed E-state index contributed by atoms with van der Waals surface area (Å²) in [6, 6.07) is 14.3. The van der Waals surface area contributed by atoms with Crippen LogP contribution in [0.5, 0.6) is 0 Å². The molecule has 150 valence electrons. The molecule has 30 heavy (non-hydrogen) atoms. The lowest BCUT2D eigenvalue weighted by Gasteiger charge is -2.37. The molecular formula is C25H22N2O3. The number of amides is 3. The molecule has 5 nitrogen and oxygen atoms in total. The quantitative estimate of drug-likeness (QED) is 0.632. The van der Waals surface area contributed by atoms with E-state index < -0.39 is 0 Å². The van der Waals surface area contributed by atoms with Gasteiger partial charge in [-0.25, -0.2) is 0 Å². The van der Waals surface area contributed by atoms with Gasteiger partial charge < -0.3 is 5.32 Å². The number of nitrogens with one attached hydrogen (secondary N) is 1. The highest BCUT2D eigenvalue weighted by Crippen LogP contribution is 2.65. The van der Waals surface area contributed by atoms with E-state index in [2.05, 4.69) is 17.5 Å². The van der Waals surface area contributed by atoms with Gasteiger partial charge in [0.2, 0.25) is 11.8 Å². The molecule has 4 aliphatic carbocycles. The summed E-state index contributed by atoms with van der Waals surface area (Å²) in [4.78, 5) is 40.3. The van der Waals surface area contributed by atoms with Crippen molar-refractivity contribution in [3.63, 3.8) is 0 Å². The van der Waals surface area contributed by atoms with Crippen molar-refractivity contribution in [1.82, 2.24) is 0 Å². The zero-order chi connectivity index (χ0) is 20.6. The number of aryl methyl sites for hydroxylation is 1. The van der Waals surface area contributed by atoms with Crippen LogP contribution < -0.4 is 10.2 Å². The molecule has 6 atom stereocenters. The maximum atomic E-state index is 13.2. The second-order valence-electron chi connectivity index (χ2n) is 9.03. The Balaban J connectivity index is 1.23. The number of anilines is 2. The SMILES string of the molecule is Cc1ccc(NC(=O)c2ccc(N3C(=O)[C@@H]4[C@H]5C=C[C@@H]([C@@H]6C[C@H]56)[C@@H]4C3=O)cc2)cc1. The number of benzene rings is 2. The first-order valence-electron chi connectivity index (χ1n) is 10.6. The molecule has 1 aliphatic heterocycles. The molecule has 0 aromatic heterocycles. The molecule has 0 spiro atoms. The summed E-state index contributed by atoms with van der Waals surface area (Å²) in [5, 5.41) is 2.87. The van der Waals surface area contributed by atoms with E-state index in [0.717, 1.165) is 17.7 Å². The predicted octanol–water partition coefficient (Wildman–Crippen LogP) is 3.80. The fraction of sp³-hybridized carbons (Fsp3) is 0.320. The summed E-state index contributed by atoms with van der Waals surface area (Å²) < 4.78 is 0. The fourth-order valence-corrected chi connectivity index (χ4v) is 5.81. The van der Waals surface area contributed by atoms with E-state index in [4.69, 9.17) is 0 Å². The minimum Gasteiger partial charge on any atom is -0.322 e. The van der Waals surface area contributed by atoms with Gasteiger partial charge in [0.15, 0.2) is 0 Å². The molecule has 2 bridgehead atoms. The van der Waals surface area contributed by atoms with Crippen LogP contribution in [-0.4, -0.2) is 17.7 Å². The predicted molar refractivity (Wildman–Crippen MR) is 113 cm³/mol. The van der Waals surface area contributed by atoms with Gasteiger partial charge in [-0.15, -0.1) is 0 Å². The Morgan fingerprint density at radius 2 is 1.43 bits per heavy atom. The van der Waals surface area contributed by atoms with Gasteiger partial charge in [-0.05, 0) is 73.4 Å². The van der Waals surface area contributed by atoms with E-state index in [9.17, 15) is 14.4 Å². The van der Waals surface area contributed by atoms with Crippen LogP contribution in [0.4, 0.5) is 11.4 Å². The minimum atomic E-state index is -0.222. The first kappa shape index (κ1) is 17.6. The lowest BCUT2D eigenvalue weighted by atomic mass is 9.63. The van der Waals surface area contributed by atoms with Crippen molar-refractivity contribution in [2.75, 3.05) is 10.2 Å². The summed E-state index contributed by atoms with van der Waals surface area (Å²) >= 11 is 0. The monoisotopic (exact) mass is 398 g/mol. The lowest BCUT2D eigenvalue weighted by molar-refractivity contribution is -0.124. The topological polar surface area (TPSA) is 66.5 Å². The molecule has 7 rings (SSSR count). The largest absolute Gasteiger partial charge is 0.322 e. The highest BCUT2D eigenvalue weighted by Gasteiger charge is 2.67. The lowest BCUT2D eigenvalue weighted by Crippen LogP contribution is -2.40. The zero-order valence-corrected chi connectivity index (χ0v) is 16.6. The highest BCUT2D eigenvalue weighted by molar-refractivity contribution is 6.22. The summed E-state index contributed by atoms with van der Waals surface area (Å²) in [7, 11) is 0. The van der Waals surface area contributed by atoms with Crippen LogP contribution >= 0.6 is 0 Å². The fourth-order valence-electron chi connectivity index (χ4n) is 5.81. The van der Waals surface area contributed by atoms with E-state index >= 15 is 0 Å². The molecule has 2 aromatic carbocycles. The summed E-state index contributed by atoms with van der Waals surface area (Å²) in [6.45, 7) is 1.99. The first-order chi connectivity index (χ1) is 14.5. The Kier molecular flexibility index (Phi) is 3.61. The molecule has 2 aromatic rings. The Morgan fingerprint density at radius 1 is 0.867 bits per heavy atom. The third-order valence-electron chi connectivity index (χ3n) is 7.36. The molecule has 2 saturated carbocycles. The van der Waals surface area contributed by atoms with Crippen molar-refractivity contribution >= 4 is 29.1 Å². The highest BCUT2D eigenvalue weighted by atomic mass is 16.2. The van der Waals surface area contributed by atoms with Crippen LogP contribution in [0.25, 0.3) is 0 Å². The molecule has 0 unspecified atom stereocenters. The van der Waals surface area contributed by atoms with Crippen molar-refractivity contribution in [1.29, 1.82) is 0 Å². The molecule has 0 radical (unpaired) electrons. The number of allylic oxidation sites excluding steroid dienone is 2. The van der Waals surface area contributed by atoms with Gasteiger partial charge in [0.1, 0.15) is 0 Å². The summed E-state index contributed by atoms with van der Waals surface area (Å²) in [5.74, 6) is 0.814. The van der Waals surface area contributed by atoms with Crippen LogP contribution in [0.1, 0.15) is 22.3 Å². The second-order valence-corrected chi connectivity index (χ2v) is 9.03. The smallest absolute Gasteiger partial charge is 0.255 e. The standard InChI is InChI=1S/C25H22N2O3/c1-13-2-6-15(7-3-13)26-23(28)14-4-8-16(9-5-14)27-24(29)21-17-10-11-18(20-12-19(17)20)22(21)25(27)30/h2-11,17-22H,12H2,1H3,(H,26,28)/t17-,18-,19-,20+,21-,22+/m0/s1. The number of imide groups is 1. The number of rotatable bonds is 3. The third-order valence-corrected chi connectivity index (χ3v) is 7.36. The number of nitrogens with zero attached hydrogens (tertiary/aromatic N) is 1. The number of carbonyl (C=O) groups is 3. The Bertz CT molecular complexity index is 1070.